The van der Waals surface area contributed by atoms with Crippen LogP contribution in [0.1, 0.15) is 48.0 Å². The van der Waals surface area contributed by atoms with Gasteiger partial charge < -0.3 is 9.64 Å². The van der Waals surface area contributed by atoms with Gasteiger partial charge in [-0.15, -0.1) is 0 Å². The first-order valence-corrected chi connectivity index (χ1v) is 7.60. The quantitative estimate of drug-likeness (QED) is 0.719. The van der Waals surface area contributed by atoms with Gasteiger partial charge in [-0.3, -0.25) is 9.59 Å². The third-order valence-corrected chi connectivity index (χ3v) is 2.99. The second-order valence-corrected chi connectivity index (χ2v) is 6.26. The molecule has 0 aromatic rings. The third kappa shape index (κ3) is 7.76. The molecule has 1 aliphatic heterocycles. The Hall–Kier alpha value is -1.92. The zero-order valence-corrected chi connectivity index (χ0v) is 13.7. The summed E-state index contributed by atoms with van der Waals surface area (Å²) in [6, 6.07) is 0. The molecule has 7 heteroatoms. The first-order chi connectivity index (χ1) is 10.3. The van der Waals surface area contributed by atoms with Crippen LogP contribution in [0.3, 0.4) is 0 Å². The molecule has 1 rings (SSSR count). The first-order valence-electron chi connectivity index (χ1n) is 7.60. The van der Waals surface area contributed by atoms with E-state index in [2.05, 4.69) is 10.5 Å². The number of hydrogen-bond donors (Lipinski definition) is 1. The Morgan fingerprint density at radius 2 is 1.74 bits per heavy atom. The number of carbonyl (C=O) groups excluding carboxylic acids is 3. The lowest BCUT2D eigenvalue weighted by molar-refractivity contribution is -0.147. The van der Waals surface area contributed by atoms with E-state index in [0.717, 1.165) is 0 Å². The Kier molecular flexibility index (Phi) is 9.14. The monoisotopic (exact) mass is 327 g/mol. The lowest BCUT2D eigenvalue weighted by Crippen LogP contribution is -2.40. The van der Waals surface area contributed by atoms with Crippen molar-refractivity contribution >= 4 is 23.5 Å². The van der Waals surface area contributed by atoms with E-state index >= 15 is 0 Å². The maximum atomic E-state index is 12.2. The maximum Gasteiger partial charge on any atom is 0.355 e. The zero-order valence-electron chi connectivity index (χ0n) is 13.7. The standard InChI is InChI=1S/C15H25N3O4.CH4/c1-10(2)7-18(8-11(3)4)14(20)9-22-15(21)12-5-6-13(19)17-16-12;/h10-11H,5-9H2,1-4H3,(H,17,19);1H4. The molecule has 1 N–H and O–H groups in total. The van der Waals surface area contributed by atoms with Gasteiger partial charge in [-0.25, -0.2) is 10.2 Å². The summed E-state index contributed by atoms with van der Waals surface area (Å²) in [6.45, 7) is 9.10. The number of nitrogens with one attached hydrogen (secondary N) is 1. The average molecular weight is 327 g/mol. The summed E-state index contributed by atoms with van der Waals surface area (Å²) in [5.41, 5.74) is 2.37. The molecule has 0 spiro atoms. The summed E-state index contributed by atoms with van der Waals surface area (Å²) >= 11 is 0. The Labute approximate surface area is 138 Å². The van der Waals surface area contributed by atoms with Crippen LogP contribution < -0.4 is 5.43 Å². The third-order valence-electron chi connectivity index (χ3n) is 2.99. The summed E-state index contributed by atoms with van der Waals surface area (Å²) < 4.78 is 5.01. The van der Waals surface area contributed by atoms with E-state index in [1.165, 1.54) is 0 Å². The predicted molar refractivity (Wildman–Crippen MR) is 88.8 cm³/mol. The highest BCUT2D eigenvalue weighted by molar-refractivity contribution is 6.37. The topological polar surface area (TPSA) is 88.1 Å². The van der Waals surface area contributed by atoms with Gasteiger partial charge in [0.1, 0.15) is 5.71 Å². The van der Waals surface area contributed by atoms with Crippen molar-refractivity contribution in [3.8, 4) is 0 Å². The summed E-state index contributed by atoms with van der Waals surface area (Å²) in [5, 5.41) is 3.65. The molecule has 0 unspecified atom stereocenters. The molecule has 23 heavy (non-hydrogen) atoms. The minimum atomic E-state index is -0.651. The fraction of sp³-hybridized carbons (Fsp3) is 0.750. The number of amides is 2. The zero-order chi connectivity index (χ0) is 16.7. The van der Waals surface area contributed by atoms with Crippen LogP contribution in [0.2, 0.25) is 0 Å². The van der Waals surface area contributed by atoms with Crippen LogP contribution in [-0.2, 0) is 19.1 Å². The van der Waals surface area contributed by atoms with E-state index in [-0.39, 0.29) is 44.4 Å². The Bertz CT molecular complexity index is 448. The molecule has 1 heterocycles. The fourth-order valence-corrected chi connectivity index (χ4v) is 2.08. The number of hydrazone groups is 1. The normalized spacial score (nSPS) is 14.0. The molecule has 0 bridgehead atoms. The molecule has 0 radical (unpaired) electrons. The van der Waals surface area contributed by atoms with Crippen LogP contribution in [0.15, 0.2) is 5.10 Å². The van der Waals surface area contributed by atoms with Crippen molar-refractivity contribution in [3.05, 3.63) is 0 Å². The fourth-order valence-electron chi connectivity index (χ4n) is 2.08. The van der Waals surface area contributed by atoms with E-state index in [1.807, 2.05) is 27.7 Å². The highest BCUT2D eigenvalue weighted by Gasteiger charge is 2.22. The molecular weight excluding hydrogens is 298 g/mol. The van der Waals surface area contributed by atoms with Gasteiger partial charge in [0.25, 0.3) is 5.91 Å². The predicted octanol–water partition coefficient (Wildman–Crippen LogP) is 1.57. The van der Waals surface area contributed by atoms with E-state index in [1.54, 1.807) is 4.90 Å². The minimum absolute atomic E-state index is 0. The van der Waals surface area contributed by atoms with Crippen molar-refractivity contribution in [1.82, 2.24) is 10.3 Å². The van der Waals surface area contributed by atoms with Crippen molar-refractivity contribution in [3.63, 3.8) is 0 Å². The molecule has 0 saturated carbocycles. The highest BCUT2D eigenvalue weighted by atomic mass is 16.5. The minimum Gasteiger partial charge on any atom is -0.451 e. The maximum absolute atomic E-state index is 12.2. The molecule has 132 valence electrons. The van der Waals surface area contributed by atoms with Crippen LogP contribution in [0.25, 0.3) is 0 Å². The van der Waals surface area contributed by atoms with Crippen LogP contribution in [-0.4, -0.2) is 48.1 Å². The lowest BCUT2D eigenvalue weighted by atomic mass is 10.1. The van der Waals surface area contributed by atoms with Crippen LogP contribution in [0.4, 0.5) is 0 Å². The average Bonchev–Trinajstić information content (AvgIpc) is 2.43. The molecule has 0 saturated heterocycles. The van der Waals surface area contributed by atoms with Crippen LogP contribution in [0.5, 0.6) is 0 Å². The van der Waals surface area contributed by atoms with E-state index < -0.39 is 5.97 Å². The van der Waals surface area contributed by atoms with Gasteiger partial charge in [-0.2, -0.15) is 5.10 Å². The number of carbonyl (C=O) groups is 3. The summed E-state index contributed by atoms with van der Waals surface area (Å²) in [6.07, 6.45) is 0.440. The van der Waals surface area contributed by atoms with Gasteiger partial charge >= 0.3 is 5.97 Å². The number of hydrogen-bond acceptors (Lipinski definition) is 5. The van der Waals surface area contributed by atoms with Crippen molar-refractivity contribution in [2.75, 3.05) is 19.7 Å². The van der Waals surface area contributed by atoms with Crippen molar-refractivity contribution < 1.29 is 19.1 Å². The Balaban J connectivity index is 0.00000484. The molecule has 0 aliphatic carbocycles. The molecule has 7 nitrogen and oxygen atoms in total. The molecule has 0 fully saturated rings. The largest absolute Gasteiger partial charge is 0.451 e. The van der Waals surface area contributed by atoms with Gasteiger partial charge in [-0.05, 0) is 11.8 Å². The van der Waals surface area contributed by atoms with Gasteiger partial charge in [0.15, 0.2) is 6.61 Å². The molecule has 2 amide bonds. The van der Waals surface area contributed by atoms with Crippen LogP contribution in [0, 0.1) is 11.8 Å². The second kappa shape index (κ2) is 9.97. The van der Waals surface area contributed by atoms with Gasteiger partial charge in [-0.1, -0.05) is 35.1 Å². The number of esters is 1. The summed E-state index contributed by atoms with van der Waals surface area (Å²) in [5.74, 6) is -0.404. The smallest absolute Gasteiger partial charge is 0.355 e. The molecule has 0 aromatic heterocycles. The highest BCUT2D eigenvalue weighted by Crippen LogP contribution is 2.06. The summed E-state index contributed by atoms with van der Waals surface area (Å²) in [7, 11) is 0. The van der Waals surface area contributed by atoms with E-state index in [0.29, 0.717) is 24.9 Å². The lowest BCUT2D eigenvalue weighted by Gasteiger charge is -2.26. The summed E-state index contributed by atoms with van der Waals surface area (Å²) in [4.78, 5) is 36.7. The van der Waals surface area contributed by atoms with Gasteiger partial charge in [0.05, 0.1) is 0 Å². The van der Waals surface area contributed by atoms with E-state index in [9.17, 15) is 14.4 Å². The van der Waals surface area contributed by atoms with E-state index in [4.69, 9.17) is 4.74 Å². The van der Waals surface area contributed by atoms with Crippen molar-refractivity contribution in [2.45, 2.75) is 48.0 Å². The van der Waals surface area contributed by atoms with Crippen molar-refractivity contribution in [1.29, 1.82) is 0 Å². The van der Waals surface area contributed by atoms with Gasteiger partial charge in [0, 0.05) is 25.9 Å². The van der Waals surface area contributed by atoms with Crippen LogP contribution >= 0.6 is 0 Å². The van der Waals surface area contributed by atoms with Crippen molar-refractivity contribution in [2.24, 2.45) is 16.9 Å². The Morgan fingerprint density at radius 3 is 2.17 bits per heavy atom. The SMILES string of the molecule is C.CC(C)CN(CC(C)C)C(=O)COC(=O)C1=NNC(=O)CC1. The second-order valence-electron chi connectivity index (χ2n) is 6.26. The van der Waals surface area contributed by atoms with Gasteiger partial charge in [0.2, 0.25) is 5.91 Å². The first kappa shape index (κ1) is 21.1. The molecular formula is C16H29N3O4. The Morgan fingerprint density at radius 1 is 1.17 bits per heavy atom. The molecule has 0 atom stereocenters. The molecule has 0 aromatic carbocycles. The molecule has 1 aliphatic rings. The number of rotatable bonds is 7. The number of ether oxygens (including phenoxy) is 1. The number of nitrogens with zero attached hydrogens (tertiary/aromatic N) is 2.